The molecule has 0 aliphatic rings. The van der Waals surface area contributed by atoms with Crippen LogP contribution in [0.1, 0.15) is 25.0 Å². The number of esters is 2. The second kappa shape index (κ2) is 12.7. The second-order valence-corrected chi connectivity index (χ2v) is 7.96. The molecule has 0 unspecified atom stereocenters. The van der Waals surface area contributed by atoms with Gasteiger partial charge in [0.05, 0.1) is 0 Å². The minimum absolute atomic E-state index is 0.332. The number of ether oxygens (including phenoxy) is 2. The third-order valence-corrected chi connectivity index (χ3v) is 5.16. The summed E-state index contributed by atoms with van der Waals surface area (Å²) in [7, 11) is 0. The summed E-state index contributed by atoms with van der Waals surface area (Å²) in [4.78, 5) is 22.5. The van der Waals surface area contributed by atoms with E-state index in [2.05, 4.69) is 37.4 Å². The molecular weight excluding hydrogens is 368 g/mol. The van der Waals surface area contributed by atoms with Crippen molar-refractivity contribution >= 4 is 35.5 Å². The van der Waals surface area contributed by atoms with E-state index in [0.717, 1.165) is 23.0 Å². The number of benzene rings is 1. The van der Waals surface area contributed by atoms with Crippen LogP contribution in [0.2, 0.25) is 0 Å². The standard InChI is InChI=1S/C20H26O4S2/c1-15(2)19(21)23-9-11-25-13-17-5-7-18(8-6-17)14-26-12-10-24-20(22)16(3)4/h5-8H,1,3,9-14H2,2,4H3. The predicted octanol–water partition coefficient (Wildman–Crippen LogP) is 4.39. The van der Waals surface area contributed by atoms with Crippen molar-refractivity contribution in [2.24, 2.45) is 0 Å². The Morgan fingerprint density at radius 2 is 1.15 bits per heavy atom. The molecule has 26 heavy (non-hydrogen) atoms. The molecule has 0 saturated heterocycles. The number of thioether (sulfide) groups is 2. The number of hydrogen-bond donors (Lipinski definition) is 0. The van der Waals surface area contributed by atoms with Crippen LogP contribution in [0.25, 0.3) is 0 Å². The van der Waals surface area contributed by atoms with Gasteiger partial charge in [-0.05, 0) is 25.0 Å². The molecule has 0 aliphatic carbocycles. The molecule has 0 radical (unpaired) electrons. The van der Waals surface area contributed by atoms with Crippen molar-refractivity contribution in [2.75, 3.05) is 24.7 Å². The lowest BCUT2D eigenvalue weighted by Crippen LogP contribution is -2.07. The van der Waals surface area contributed by atoms with Gasteiger partial charge in [-0.3, -0.25) is 0 Å². The van der Waals surface area contributed by atoms with Gasteiger partial charge in [-0.1, -0.05) is 37.4 Å². The lowest BCUT2D eigenvalue weighted by Gasteiger charge is -2.06. The average molecular weight is 395 g/mol. The summed E-state index contributed by atoms with van der Waals surface area (Å²) in [5, 5.41) is 0. The monoisotopic (exact) mass is 394 g/mol. The lowest BCUT2D eigenvalue weighted by atomic mass is 10.2. The van der Waals surface area contributed by atoms with Crippen molar-refractivity contribution in [3.05, 3.63) is 59.7 Å². The Bertz CT molecular complexity index is 568. The largest absolute Gasteiger partial charge is 0.461 e. The van der Waals surface area contributed by atoms with Crippen LogP contribution in [0.3, 0.4) is 0 Å². The zero-order valence-electron chi connectivity index (χ0n) is 15.4. The van der Waals surface area contributed by atoms with Gasteiger partial charge >= 0.3 is 11.9 Å². The molecule has 1 aromatic carbocycles. The molecular formula is C20H26O4S2. The van der Waals surface area contributed by atoms with Crippen molar-refractivity contribution in [1.82, 2.24) is 0 Å². The minimum Gasteiger partial charge on any atom is -0.461 e. The molecule has 0 N–H and O–H groups in total. The summed E-state index contributed by atoms with van der Waals surface area (Å²) < 4.78 is 10.1. The molecule has 0 amide bonds. The molecule has 0 fully saturated rings. The number of hydrogen-bond acceptors (Lipinski definition) is 6. The predicted molar refractivity (Wildman–Crippen MR) is 110 cm³/mol. The topological polar surface area (TPSA) is 52.6 Å². The van der Waals surface area contributed by atoms with Crippen molar-refractivity contribution < 1.29 is 19.1 Å². The van der Waals surface area contributed by atoms with Crippen molar-refractivity contribution in [2.45, 2.75) is 25.4 Å². The van der Waals surface area contributed by atoms with Crippen LogP contribution in [0, 0.1) is 0 Å². The molecule has 0 aliphatic heterocycles. The zero-order valence-corrected chi connectivity index (χ0v) is 17.0. The molecule has 4 nitrogen and oxygen atoms in total. The van der Waals surface area contributed by atoms with Gasteiger partial charge < -0.3 is 9.47 Å². The van der Waals surface area contributed by atoms with E-state index in [1.807, 2.05) is 0 Å². The molecule has 1 aromatic rings. The normalized spacial score (nSPS) is 10.2. The first-order chi connectivity index (χ1) is 12.4. The summed E-state index contributed by atoms with van der Waals surface area (Å²) in [5.41, 5.74) is 3.34. The quantitative estimate of drug-likeness (QED) is 0.298. The Morgan fingerprint density at radius 1 is 0.808 bits per heavy atom. The molecule has 0 aromatic heterocycles. The summed E-state index contributed by atoms with van der Waals surface area (Å²) >= 11 is 3.46. The van der Waals surface area contributed by atoms with Gasteiger partial charge in [0.1, 0.15) is 13.2 Å². The number of carbonyl (C=O) groups excluding carboxylic acids is 2. The van der Waals surface area contributed by atoms with Gasteiger partial charge in [0.25, 0.3) is 0 Å². The fraction of sp³-hybridized carbons (Fsp3) is 0.400. The molecule has 0 saturated carbocycles. The number of rotatable bonds is 12. The van der Waals surface area contributed by atoms with Gasteiger partial charge in [-0.15, -0.1) is 0 Å². The van der Waals surface area contributed by atoms with Crippen LogP contribution >= 0.6 is 23.5 Å². The Labute approximate surface area is 164 Å². The van der Waals surface area contributed by atoms with Gasteiger partial charge in [0.15, 0.2) is 0 Å². The molecule has 1 rings (SSSR count). The SMILES string of the molecule is C=C(C)C(=O)OCCSCc1ccc(CSCCOC(=O)C(=C)C)cc1. The zero-order chi connectivity index (χ0) is 19.4. The second-order valence-electron chi connectivity index (χ2n) is 5.75. The molecule has 0 atom stereocenters. The van der Waals surface area contributed by atoms with E-state index in [0.29, 0.717) is 24.4 Å². The lowest BCUT2D eigenvalue weighted by molar-refractivity contribution is -0.139. The highest BCUT2D eigenvalue weighted by Crippen LogP contribution is 2.16. The maximum Gasteiger partial charge on any atom is 0.333 e. The van der Waals surface area contributed by atoms with Gasteiger partial charge in [0, 0.05) is 34.2 Å². The van der Waals surface area contributed by atoms with Crippen LogP contribution < -0.4 is 0 Å². The fourth-order valence-electron chi connectivity index (χ4n) is 1.74. The third-order valence-electron chi connectivity index (χ3n) is 3.18. The van der Waals surface area contributed by atoms with E-state index >= 15 is 0 Å². The molecule has 6 heteroatoms. The minimum atomic E-state index is -0.332. The summed E-state index contributed by atoms with van der Waals surface area (Å²) in [6.07, 6.45) is 0. The highest BCUT2D eigenvalue weighted by atomic mass is 32.2. The highest BCUT2D eigenvalue weighted by Gasteiger charge is 2.03. The molecule has 0 bridgehead atoms. The van der Waals surface area contributed by atoms with Gasteiger partial charge in [-0.2, -0.15) is 23.5 Å². The first kappa shape index (κ1) is 22.4. The van der Waals surface area contributed by atoms with Crippen LogP contribution in [0.5, 0.6) is 0 Å². The highest BCUT2D eigenvalue weighted by molar-refractivity contribution is 7.98. The van der Waals surface area contributed by atoms with Crippen molar-refractivity contribution in [3.8, 4) is 0 Å². The van der Waals surface area contributed by atoms with E-state index in [1.54, 1.807) is 37.4 Å². The Balaban J connectivity index is 2.15. The number of carbonyl (C=O) groups is 2. The Morgan fingerprint density at radius 3 is 1.46 bits per heavy atom. The van der Waals surface area contributed by atoms with E-state index in [1.165, 1.54) is 11.1 Å². The Hall–Kier alpha value is -1.66. The van der Waals surface area contributed by atoms with Crippen LogP contribution in [0.4, 0.5) is 0 Å². The smallest absolute Gasteiger partial charge is 0.333 e. The van der Waals surface area contributed by atoms with Crippen molar-refractivity contribution in [1.29, 1.82) is 0 Å². The maximum atomic E-state index is 11.2. The van der Waals surface area contributed by atoms with Crippen molar-refractivity contribution in [3.63, 3.8) is 0 Å². The maximum absolute atomic E-state index is 11.2. The molecule has 142 valence electrons. The molecule has 0 spiro atoms. The van der Waals surface area contributed by atoms with Crippen LogP contribution in [-0.4, -0.2) is 36.7 Å². The van der Waals surface area contributed by atoms with E-state index in [-0.39, 0.29) is 11.9 Å². The van der Waals surface area contributed by atoms with Gasteiger partial charge in [-0.25, -0.2) is 9.59 Å². The third kappa shape index (κ3) is 9.73. The van der Waals surface area contributed by atoms with Gasteiger partial charge in [0.2, 0.25) is 0 Å². The van der Waals surface area contributed by atoms with Crippen LogP contribution in [-0.2, 0) is 30.6 Å². The van der Waals surface area contributed by atoms with E-state index < -0.39 is 0 Å². The van der Waals surface area contributed by atoms with E-state index in [4.69, 9.17) is 9.47 Å². The summed E-state index contributed by atoms with van der Waals surface area (Å²) in [5.74, 6) is 2.63. The summed E-state index contributed by atoms with van der Waals surface area (Å²) in [6, 6.07) is 8.46. The van der Waals surface area contributed by atoms with Crippen LogP contribution in [0.15, 0.2) is 48.6 Å². The molecule has 0 heterocycles. The fourth-order valence-corrected chi connectivity index (χ4v) is 3.29. The first-order valence-corrected chi connectivity index (χ1v) is 10.6. The first-order valence-electron chi connectivity index (χ1n) is 8.28. The van der Waals surface area contributed by atoms with E-state index in [9.17, 15) is 9.59 Å². The average Bonchev–Trinajstić information content (AvgIpc) is 2.61. The Kier molecular flexibility index (Phi) is 10.9. The summed E-state index contributed by atoms with van der Waals surface area (Å²) in [6.45, 7) is 11.2.